The minimum atomic E-state index is -4.58. The summed E-state index contributed by atoms with van der Waals surface area (Å²) in [6.45, 7) is 5.37. The van der Waals surface area contributed by atoms with E-state index in [0.717, 1.165) is 17.8 Å². The van der Waals surface area contributed by atoms with Crippen LogP contribution in [0.25, 0.3) is 0 Å². The van der Waals surface area contributed by atoms with Gasteiger partial charge < -0.3 is 15.8 Å². The second kappa shape index (κ2) is 11.9. The van der Waals surface area contributed by atoms with Crippen LogP contribution in [0.15, 0.2) is 39.6 Å². The van der Waals surface area contributed by atoms with Crippen LogP contribution < -0.4 is 15.8 Å². The monoisotopic (exact) mass is 550 g/mol. The van der Waals surface area contributed by atoms with Crippen molar-refractivity contribution < 1.29 is 31.1 Å². The highest BCUT2D eigenvalue weighted by Gasteiger charge is 2.35. The van der Waals surface area contributed by atoms with E-state index in [-0.39, 0.29) is 44.8 Å². The SMILES string of the molecule is CCOc1cc(C(F)(F)F)sc1C(=O)NCCc1ccc(S(=O)(=O)N=C(N)SC(=N)C(C)C)cc1. The lowest BCUT2D eigenvalue weighted by Gasteiger charge is -2.08. The summed E-state index contributed by atoms with van der Waals surface area (Å²) < 4.78 is 72.5. The van der Waals surface area contributed by atoms with E-state index in [9.17, 15) is 26.4 Å². The fourth-order valence-corrected chi connectivity index (χ4v) is 5.20. The Labute approximate surface area is 209 Å². The summed E-state index contributed by atoms with van der Waals surface area (Å²) in [6, 6.07) is 6.55. The Morgan fingerprint density at radius 3 is 2.46 bits per heavy atom. The molecule has 8 nitrogen and oxygen atoms in total. The van der Waals surface area contributed by atoms with Crippen molar-refractivity contribution in [2.75, 3.05) is 13.2 Å². The van der Waals surface area contributed by atoms with E-state index in [4.69, 9.17) is 15.9 Å². The maximum Gasteiger partial charge on any atom is 0.425 e. The highest BCUT2D eigenvalue weighted by Crippen LogP contribution is 2.40. The van der Waals surface area contributed by atoms with E-state index >= 15 is 0 Å². The molecule has 1 amide bonds. The molecule has 0 unspecified atom stereocenters. The van der Waals surface area contributed by atoms with E-state index in [1.165, 1.54) is 24.3 Å². The number of thiophene rings is 1. The van der Waals surface area contributed by atoms with Gasteiger partial charge in [-0.2, -0.15) is 21.6 Å². The average molecular weight is 551 g/mol. The zero-order chi connectivity index (χ0) is 26.4. The molecular formula is C21H25F3N4O4S3. The van der Waals surface area contributed by atoms with Gasteiger partial charge in [0.1, 0.15) is 15.5 Å². The van der Waals surface area contributed by atoms with Crippen molar-refractivity contribution in [2.45, 2.75) is 38.3 Å². The maximum atomic E-state index is 13.0. The lowest BCUT2D eigenvalue weighted by atomic mass is 10.1. The lowest BCUT2D eigenvalue weighted by molar-refractivity contribution is -0.134. The number of nitrogens with one attached hydrogen (secondary N) is 2. The van der Waals surface area contributed by atoms with Crippen molar-refractivity contribution >= 4 is 49.2 Å². The third kappa shape index (κ3) is 8.25. The predicted octanol–water partition coefficient (Wildman–Crippen LogP) is 4.51. The number of halogens is 3. The van der Waals surface area contributed by atoms with Crippen molar-refractivity contribution in [1.29, 1.82) is 5.41 Å². The minimum absolute atomic E-state index is 0.0930. The quantitative estimate of drug-likeness (QED) is 0.311. The largest absolute Gasteiger partial charge is 0.492 e. The fraction of sp³-hybridized carbons (Fsp3) is 0.381. The van der Waals surface area contributed by atoms with Crippen LogP contribution in [-0.2, 0) is 22.6 Å². The summed E-state index contributed by atoms with van der Waals surface area (Å²) >= 11 is 1.08. The Morgan fingerprint density at radius 1 is 1.29 bits per heavy atom. The highest BCUT2D eigenvalue weighted by atomic mass is 32.2. The van der Waals surface area contributed by atoms with Crippen molar-refractivity contribution in [2.24, 2.45) is 16.0 Å². The number of carbonyl (C=O) groups is 1. The van der Waals surface area contributed by atoms with Crippen molar-refractivity contribution in [3.8, 4) is 5.75 Å². The summed E-state index contributed by atoms with van der Waals surface area (Å²) in [7, 11) is -4.07. The van der Waals surface area contributed by atoms with Crippen molar-refractivity contribution in [3.05, 3.63) is 45.6 Å². The summed E-state index contributed by atoms with van der Waals surface area (Å²) in [5.74, 6) is -0.936. The molecule has 0 aliphatic carbocycles. The number of benzene rings is 1. The molecule has 0 saturated carbocycles. The van der Waals surface area contributed by atoms with Gasteiger partial charge in [0.05, 0.1) is 16.5 Å². The third-order valence-electron chi connectivity index (χ3n) is 4.35. The molecule has 0 spiro atoms. The number of thioether (sulfide) groups is 1. The van der Waals surface area contributed by atoms with Gasteiger partial charge in [0.25, 0.3) is 15.9 Å². The van der Waals surface area contributed by atoms with E-state index in [1.807, 2.05) is 0 Å². The van der Waals surface area contributed by atoms with Gasteiger partial charge in [0.15, 0.2) is 5.17 Å². The first-order chi connectivity index (χ1) is 16.2. The second-order valence-electron chi connectivity index (χ2n) is 7.41. The van der Waals surface area contributed by atoms with Gasteiger partial charge >= 0.3 is 6.18 Å². The first-order valence-electron chi connectivity index (χ1n) is 10.3. The number of sulfonamides is 1. The zero-order valence-electron chi connectivity index (χ0n) is 19.1. The summed E-state index contributed by atoms with van der Waals surface area (Å²) in [4.78, 5) is 11.2. The number of amides is 1. The molecular weight excluding hydrogens is 525 g/mol. The molecule has 0 radical (unpaired) electrons. The molecule has 0 bridgehead atoms. The summed E-state index contributed by atoms with van der Waals surface area (Å²) in [6.07, 6.45) is -4.28. The summed E-state index contributed by atoms with van der Waals surface area (Å²) in [5.41, 5.74) is 6.33. The topological polar surface area (TPSA) is 135 Å². The van der Waals surface area contributed by atoms with Gasteiger partial charge in [0.2, 0.25) is 0 Å². The van der Waals surface area contributed by atoms with Crippen LogP contribution in [-0.4, -0.2) is 37.7 Å². The van der Waals surface area contributed by atoms with Crippen LogP contribution in [0.2, 0.25) is 0 Å². The molecule has 1 aromatic carbocycles. The van der Waals surface area contributed by atoms with Crippen molar-refractivity contribution in [3.63, 3.8) is 0 Å². The molecule has 4 N–H and O–H groups in total. The van der Waals surface area contributed by atoms with Gasteiger partial charge in [-0.15, -0.1) is 15.7 Å². The number of alkyl halides is 3. The first kappa shape index (κ1) is 28.7. The molecule has 0 saturated heterocycles. The maximum absolute atomic E-state index is 13.0. The first-order valence-corrected chi connectivity index (χ1v) is 13.4. The predicted molar refractivity (Wildman–Crippen MR) is 132 cm³/mol. The van der Waals surface area contributed by atoms with Crippen LogP contribution in [0.3, 0.4) is 0 Å². The molecule has 0 aliphatic heterocycles. The van der Waals surface area contributed by atoms with Crippen LogP contribution in [0.1, 0.15) is 40.9 Å². The number of rotatable bonds is 9. The molecule has 0 atom stereocenters. The van der Waals surface area contributed by atoms with E-state index < -0.39 is 27.0 Å². The fourth-order valence-electron chi connectivity index (χ4n) is 2.58. The zero-order valence-corrected chi connectivity index (χ0v) is 21.6. The van der Waals surface area contributed by atoms with Crippen LogP contribution in [0.4, 0.5) is 13.2 Å². The van der Waals surface area contributed by atoms with Gasteiger partial charge in [0, 0.05) is 18.5 Å². The van der Waals surface area contributed by atoms with Gasteiger partial charge in [-0.1, -0.05) is 26.0 Å². The number of nitrogens with zero attached hydrogens (tertiary/aromatic N) is 1. The van der Waals surface area contributed by atoms with Crippen LogP contribution in [0.5, 0.6) is 5.75 Å². The molecule has 192 valence electrons. The smallest absolute Gasteiger partial charge is 0.425 e. The Hall–Kier alpha value is -2.58. The number of ether oxygens (including phenoxy) is 1. The Balaban J connectivity index is 2.01. The van der Waals surface area contributed by atoms with Crippen LogP contribution >= 0.6 is 23.1 Å². The minimum Gasteiger partial charge on any atom is -0.492 e. The van der Waals surface area contributed by atoms with E-state index in [0.29, 0.717) is 23.3 Å². The molecule has 1 heterocycles. The van der Waals surface area contributed by atoms with E-state index in [1.54, 1.807) is 20.8 Å². The Morgan fingerprint density at radius 2 is 1.91 bits per heavy atom. The standard InChI is InChI=1S/C21H25F3N4O4S3/c1-4-32-15-11-16(21(22,23)24)33-17(15)19(29)27-10-9-13-5-7-14(8-6-13)35(30,31)28-20(26)34-18(25)12(2)3/h5-8,11-12,25H,4,9-10H2,1-3H3,(H2,26,28)(H,27,29). The molecule has 0 aliphatic rings. The number of nitrogens with two attached hydrogens (primary N) is 1. The van der Waals surface area contributed by atoms with Gasteiger partial charge in [-0.3, -0.25) is 10.2 Å². The molecule has 2 rings (SSSR count). The van der Waals surface area contributed by atoms with Crippen molar-refractivity contribution in [1.82, 2.24) is 5.32 Å². The molecule has 2 aromatic rings. The number of amidine groups is 1. The second-order valence-corrected chi connectivity index (χ2v) is 11.1. The lowest BCUT2D eigenvalue weighted by Crippen LogP contribution is -2.25. The van der Waals surface area contributed by atoms with Gasteiger partial charge in [-0.05, 0) is 42.8 Å². The molecule has 0 fully saturated rings. The Kier molecular flexibility index (Phi) is 9.75. The number of hydrogen-bond acceptors (Lipinski definition) is 7. The normalized spacial score (nSPS) is 12.6. The highest BCUT2D eigenvalue weighted by molar-refractivity contribution is 8.26. The molecule has 14 heteroatoms. The molecule has 35 heavy (non-hydrogen) atoms. The van der Waals surface area contributed by atoms with Gasteiger partial charge in [-0.25, -0.2) is 0 Å². The number of hydrogen-bond donors (Lipinski definition) is 3. The Bertz CT molecular complexity index is 1190. The third-order valence-corrected chi connectivity index (χ3v) is 7.93. The summed E-state index contributed by atoms with van der Waals surface area (Å²) in [5, 5.41) is 10.2. The molecule has 1 aromatic heterocycles. The van der Waals surface area contributed by atoms with Crippen LogP contribution in [0, 0.1) is 11.3 Å². The number of carbonyl (C=O) groups excluding carboxylic acids is 1. The average Bonchev–Trinajstić information content (AvgIpc) is 3.18. The van der Waals surface area contributed by atoms with E-state index in [2.05, 4.69) is 9.71 Å².